The lowest BCUT2D eigenvalue weighted by Gasteiger charge is -2.44. The molecule has 1 heterocycles. The summed E-state index contributed by atoms with van der Waals surface area (Å²) in [5.41, 5.74) is -0.643. The molecule has 1 unspecified atom stereocenters. The third-order valence-electron chi connectivity index (χ3n) is 3.96. The maximum atomic E-state index is 13.0. The number of piperidine rings is 1. The lowest BCUT2D eigenvalue weighted by Crippen LogP contribution is -2.56. The van der Waals surface area contributed by atoms with Crippen molar-refractivity contribution >= 4 is 11.9 Å². The Hall–Kier alpha value is -2.11. The largest absolute Gasteiger partial charge is 0.507 e. The molecule has 1 aliphatic rings. The molecule has 2 N–H and O–H groups in total. The number of rotatable bonds is 2. The van der Waals surface area contributed by atoms with Crippen molar-refractivity contribution in [3.8, 4) is 5.75 Å². The maximum Gasteiger partial charge on any atom is 0.326 e. The first-order chi connectivity index (χ1) is 9.74. The van der Waals surface area contributed by atoms with Gasteiger partial charge in [-0.05, 0) is 30.4 Å². The fourth-order valence-electron chi connectivity index (χ4n) is 2.92. The van der Waals surface area contributed by atoms with Gasteiger partial charge in [0.15, 0.2) is 0 Å². The molecular weight excluding hydrogens is 277 g/mol. The van der Waals surface area contributed by atoms with Gasteiger partial charge in [0.1, 0.15) is 17.6 Å². The van der Waals surface area contributed by atoms with E-state index in [0.29, 0.717) is 19.4 Å². The Labute approximate surface area is 122 Å². The van der Waals surface area contributed by atoms with Crippen LogP contribution in [0.4, 0.5) is 4.39 Å². The molecule has 5 nitrogen and oxygen atoms in total. The number of phenols is 1. The highest BCUT2D eigenvalue weighted by Crippen LogP contribution is 2.36. The Morgan fingerprint density at radius 3 is 2.62 bits per heavy atom. The number of benzene rings is 1. The van der Waals surface area contributed by atoms with Crippen molar-refractivity contribution in [3.05, 3.63) is 29.6 Å². The van der Waals surface area contributed by atoms with Gasteiger partial charge in [-0.3, -0.25) is 4.79 Å². The van der Waals surface area contributed by atoms with Crippen molar-refractivity contribution in [2.45, 2.75) is 32.7 Å². The Kier molecular flexibility index (Phi) is 3.89. The average molecular weight is 295 g/mol. The van der Waals surface area contributed by atoms with Crippen molar-refractivity contribution in [2.75, 3.05) is 6.54 Å². The minimum Gasteiger partial charge on any atom is -0.507 e. The van der Waals surface area contributed by atoms with E-state index in [1.165, 1.54) is 11.0 Å². The van der Waals surface area contributed by atoms with E-state index in [0.717, 1.165) is 12.1 Å². The summed E-state index contributed by atoms with van der Waals surface area (Å²) in [7, 11) is 0. The smallest absolute Gasteiger partial charge is 0.326 e. The van der Waals surface area contributed by atoms with E-state index >= 15 is 0 Å². The number of hydrogen-bond acceptors (Lipinski definition) is 3. The number of aromatic hydroxyl groups is 1. The molecule has 21 heavy (non-hydrogen) atoms. The zero-order chi connectivity index (χ0) is 15.8. The fraction of sp³-hybridized carbons (Fsp3) is 0.467. The molecule has 0 radical (unpaired) electrons. The van der Waals surface area contributed by atoms with Crippen molar-refractivity contribution in [2.24, 2.45) is 5.41 Å². The number of aliphatic carboxylic acids is 1. The van der Waals surface area contributed by atoms with Crippen LogP contribution < -0.4 is 0 Å². The van der Waals surface area contributed by atoms with Crippen LogP contribution in [0.3, 0.4) is 0 Å². The molecule has 0 spiro atoms. The number of hydrogen-bond donors (Lipinski definition) is 2. The lowest BCUT2D eigenvalue weighted by atomic mass is 9.76. The van der Waals surface area contributed by atoms with Crippen molar-refractivity contribution < 1.29 is 24.2 Å². The Balaban J connectivity index is 2.38. The van der Waals surface area contributed by atoms with Gasteiger partial charge < -0.3 is 15.1 Å². The van der Waals surface area contributed by atoms with Gasteiger partial charge >= 0.3 is 5.97 Å². The molecule has 0 bridgehead atoms. The topological polar surface area (TPSA) is 77.8 Å². The molecule has 0 aromatic heterocycles. The van der Waals surface area contributed by atoms with E-state index in [4.69, 9.17) is 0 Å². The highest BCUT2D eigenvalue weighted by molar-refractivity contribution is 5.99. The second kappa shape index (κ2) is 5.35. The van der Waals surface area contributed by atoms with Crippen LogP contribution in [0.5, 0.6) is 5.75 Å². The van der Waals surface area contributed by atoms with E-state index < -0.39 is 34.9 Å². The number of nitrogens with zero attached hydrogens (tertiary/aromatic N) is 1. The van der Waals surface area contributed by atoms with Gasteiger partial charge in [0.25, 0.3) is 5.91 Å². The van der Waals surface area contributed by atoms with Crippen LogP contribution in [0.1, 0.15) is 37.0 Å². The summed E-state index contributed by atoms with van der Waals surface area (Å²) in [6.45, 7) is 3.90. The highest BCUT2D eigenvalue weighted by atomic mass is 19.1. The number of amides is 1. The first-order valence-electron chi connectivity index (χ1n) is 6.76. The molecule has 2 rings (SSSR count). The summed E-state index contributed by atoms with van der Waals surface area (Å²) in [6.07, 6.45) is 1.38. The van der Waals surface area contributed by atoms with Crippen LogP contribution in [0.2, 0.25) is 0 Å². The minimum absolute atomic E-state index is 0.0830. The summed E-state index contributed by atoms with van der Waals surface area (Å²) >= 11 is 0. The van der Waals surface area contributed by atoms with Crippen LogP contribution in [-0.2, 0) is 4.79 Å². The van der Waals surface area contributed by atoms with Gasteiger partial charge in [0.2, 0.25) is 0 Å². The van der Waals surface area contributed by atoms with Crippen LogP contribution in [-0.4, -0.2) is 39.6 Å². The number of carbonyl (C=O) groups excluding carboxylic acids is 1. The molecule has 1 aliphatic heterocycles. The Morgan fingerprint density at radius 1 is 1.38 bits per heavy atom. The summed E-state index contributed by atoms with van der Waals surface area (Å²) in [4.78, 5) is 25.3. The van der Waals surface area contributed by atoms with E-state index in [1.807, 2.05) is 0 Å². The molecule has 0 saturated carbocycles. The number of carbonyl (C=O) groups is 2. The van der Waals surface area contributed by atoms with E-state index in [-0.39, 0.29) is 5.56 Å². The van der Waals surface area contributed by atoms with Crippen molar-refractivity contribution in [3.63, 3.8) is 0 Å². The standard InChI is InChI=1S/C15H18FNO4/c1-15(2)6-3-7-17(12(15)14(20)21)13(19)10-5-4-9(16)8-11(10)18/h4-5,8,12,18H,3,6-7H2,1-2H3,(H,20,21). The maximum absolute atomic E-state index is 13.0. The molecule has 0 aliphatic carbocycles. The quantitative estimate of drug-likeness (QED) is 0.877. The fourth-order valence-corrected chi connectivity index (χ4v) is 2.92. The summed E-state index contributed by atoms with van der Waals surface area (Å²) in [5, 5.41) is 19.1. The number of phenolic OH excluding ortho intramolecular Hbond substituents is 1. The molecule has 1 saturated heterocycles. The average Bonchev–Trinajstić information content (AvgIpc) is 2.36. The van der Waals surface area contributed by atoms with Gasteiger partial charge in [0, 0.05) is 12.6 Å². The van der Waals surface area contributed by atoms with E-state index in [1.54, 1.807) is 13.8 Å². The Bertz CT molecular complexity index is 585. The Morgan fingerprint density at radius 2 is 2.05 bits per heavy atom. The van der Waals surface area contributed by atoms with Gasteiger partial charge in [-0.1, -0.05) is 13.8 Å². The summed E-state index contributed by atoms with van der Waals surface area (Å²) in [5.74, 6) is -2.80. The number of carboxylic acid groups (broad SMARTS) is 1. The molecule has 1 fully saturated rings. The second-order valence-electron chi connectivity index (χ2n) is 5.99. The number of carboxylic acids is 1. The normalized spacial score (nSPS) is 21.1. The molecular formula is C15H18FNO4. The van der Waals surface area contributed by atoms with E-state index in [2.05, 4.69) is 0 Å². The van der Waals surface area contributed by atoms with Crippen molar-refractivity contribution in [1.29, 1.82) is 0 Å². The van der Waals surface area contributed by atoms with E-state index in [9.17, 15) is 24.2 Å². The second-order valence-corrected chi connectivity index (χ2v) is 5.99. The van der Waals surface area contributed by atoms with Crippen LogP contribution in [0.15, 0.2) is 18.2 Å². The lowest BCUT2D eigenvalue weighted by molar-refractivity contribution is -0.148. The highest BCUT2D eigenvalue weighted by Gasteiger charge is 2.45. The zero-order valence-corrected chi connectivity index (χ0v) is 12.0. The third-order valence-corrected chi connectivity index (χ3v) is 3.96. The predicted octanol–water partition coefficient (Wildman–Crippen LogP) is 2.25. The molecule has 1 atom stereocenters. The summed E-state index contributed by atoms with van der Waals surface area (Å²) in [6, 6.07) is 2.12. The molecule has 1 amide bonds. The van der Waals surface area contributed by atoms with Gasteiger partial charge in [-0.15, -0.1) is 0 Å². The SMILES string of the molecule is CC1(C)CCCN(C(=O)c2ccc(F)cc2O)C1C(=O)O. The van der Waals surface area contributed by atoms with Crippen molar-refractivity contribution in [1.82, 2.24) is 4.90 Å². The number of halogens is 1. The predicted molar refractivity (Wildman–Crippen MR) is 73.5 cm³/mol. The first kappa shape index (κ1) is 15.3. The number of likely N-dealkylation sites (tertiary alicyclic amines) is 1. The monoisotopic (exact) mass is 295 g/mol. The molecule has 1 aromatic rings. The van der Waals surface area contributed by atoms with Crippen LogP contribution in [0, 0.1) is 11.2 Å². The summed E-state index contributed by atoms with van der Waals surface area (Å²) < 4.78 is 13.0. The van der Waals surface area contributed by atoms with Gasteiger partial charge in [-0.2, -0.15) is 0 Å². The molecule has 1 aromatic carbocycles. The first-order valence-corrected chi connectivity index (χ1v) is 6.76. The third kappa shape index (κ3) is 2.84. The molecule has 114 valence electrons. The zero-order valence-electron chi connectivity index (χ0n) is 12.0. The van der Waals surface area contributed by atoms with Crippen LogP contribution in [0.25, 0.3) is 0 Å². The van der Waals surface area contributed by atoms with Gasteiger partial charge in [-0.25, -0.2) is 9.18 Å². The van der Waals surface area contributed by atoms with Crippen LogP contribution >= 0.6 is 0 Å². The minimum atomic E-state index is -1.07. The van der Waals surface area contributed by atoms with Gasteiger partial charge in [0.05, 0.1) is 5.56 Å². The molecule has 6 heteroatoms.